The normalized spacial score (nSPS) is 16.8. The van der Waals surface area contributed by atoms with Gasteiger partial charge in [-0.05, 0) is 30.5 Å². The molecule has 212 valence electrons. The van der Waals surface area contributed by atoms with Crippen molar-refractivity contribution < 1.29 is 18.3 Å². The molecular weight excluding hydrogens is 518 g/mol. The van der Waals surface area contributed by atoms with Crippen LogP contribution >= 0.6 is 0 Å². The molecule has 5 N–H and O–H groups in total. The summed E-state index contributed by atoms with van der Waals surface area (Å²) in [7, 11) is 2.83. The number of hydrogen-bond acceptors (Lipinski definition) is 8. The van der Waals surface area contributed by atoms with Crippen molar-refractivity contribution in [3.63, 3.8) is 0 Å². The average molecular weight is 553 g/mol. The first-order chi connectivity index (χ1) is 19.2. The number of nitrogens with zero attached hydrogens (tertiary/aromatic N) is 5. The number of piperidine rings is 1. The number of pyridine rings is 1. The Morgan fingerprint density at radius 1 is 1.15 bits per heavy atom. The third-order valence-electron chi connectivity index (χ3n) is 6.93. The first kappa shape index (κ1) is 28.7. The molecule has 0 aliphatic carbocycles. The highest BCUT2D eigenvalue weighted by Crippen LogP contribution is 2.34. The number of nitrogens with one attached hydrogen (secondary N) is 1. The van der Waals surface area contributed by atoms with Crippen LogP contribution < -0.4 is 26.4 Å². The molecular formula is C28H34F2N8O2. The monoisotopic (exact) mass is 552 g/mol. The number of methoxy groups -OCH3 is 1. The number of benzene rings is 1. The number of likely N-dealkylation sites (N-methyl/N-ethyl adjacent to an activating group) is 1. The Hall–Kier alpha value is -4.32. The molecule has 0 bridgehead atoms. The molecule has 1 saturated heterocycles. The summed E-state index contributed by atoms with van der Waals surface area (Å²) in [5.41, 5.74) is 14.5. The topological polar surface area (TPSA) is 137 Å². The summed E-state index contributed by atoms with van der Waals surface area (Å²) in [5.74, 6) is -1.51. The Bertz CT molecular complexity index is 1530. The summed E-state index contributed by atoms with van der Waals surface area (Å²) in [4.78, 5) is 27.5. The van der Waals surface area contributed by atoms with Gasteiger partial charge in [0.1, 0.15) is 11.4 Å². The van der Waals surface area contributed by atoms with Crippen LogP contribution in [0, 0.1) is 11.6 Å². The van der Waals surface area contributed by atoms with Crippen LogP contribution in [0.2, 0.25) is 0 Å². The van der Waals surface area contributed by atoms with E-state index in [2.05, 4.69) is 20.3 Å². The molecule has 40 heavy (non-hydrogen) atoms. The van der Waals surface area contributed by atoms with Crippen LogP contribution in [0.25, 0.3) is 16.9 Å². The van der Waals surface area contributed by atoms with E-state index in [1.807, 2.05) is 23.1 Å². The molecule has 1 aliphatic rings. The third-order valence-corrected chi connectivity index (χ3v) is 6.93. The van der Waals surface area contributed by atoms with Gasteiger partial charge in [0, 0.05) is 62.5 Å². The van der Waals surface area contributed by atoms with E-state index in [-0.39, 0.29) is 29.5 Å². The van der Waals surface area contributed by atoms with E-state index in [0.717, 1.165) is 29.1 Å². The largest absolute Gasteiger partial charge is 0.494 e. The number of imidazole rings is 1. The number of carbonyl (C=O) groups excluding carboxylic acids is 1. The number of nitrogens with two attached hydrogens (primary N) is 2. The fourth-order valence-corrected chi connectivity index (χ4v) is 4.98. The standard InChI is InChI=1S/C26H28F2N8O2.C2H6/c1-31-25(37)26(30)4-3-6-35(14-26)21-13-33-20(17-10-19(28)22(38-2)11-18(17)27)9-15(21)8-16-12-34-24-23(29)32-5-7-36(16)24;1-2/h5,7,9-13H,3-4,6,8,14,30H2,1-2H3,(H2,29,32)(H,31,37);1-2H3. The van der Waals surface area contributed by atoms with E-state index < -0.39 is 17.2 Å². The van der Waals surface area contributed by atoms with Gasteiger partial charge in [-0.25, -0.2) is 18.7 Å². The van der Waals surface area contributed by atoms with Crippen LogP contribution in [0.1, 0.15) is 37.9 Å². The predicted octanol–water partition coefficient (Wildman–Crippen LogP) is 3.32. The number of fused-ring (bicyclic) bond motifs is 1. The van der Waals surface area contributed by atoms with Crippen LogP contribution in [0.15, 0.2) is 43.0 Å². The summed E-state index contributed by atoms with van der Waals surface area (Å²) in [6, 6.07) is 3.78. The third kappa shape index (κ3) is 5.39. The molecule has 0 saturated carbocycles. The molecule has 1 aliphatic heterocycles. The number of rotatable bonds is 6. The minimum atomic E-state index is -1.07. The average Bonchev–Trinajstić information content (AvgIpc) is 3.38. The van der Waals surface area contributed by atoms with Gasteiger partial charge in [0.2, 0.25) is 5.91 Å². The minimum absolute atomic E-state index is 0.000127. The molecule has 1 amide bonds. The van der Waals surface area contributed by atoms with Crippen molar-refractivity contribution in [1.82, 2.24) is 24.7 Å². The zero-order chi connectivity index (χ0) is 29.0. The lowest BCUT2D eigenvalue weighted by Crippen LogP contribution is -2.62. The van der Waals surface area contributed by atoms with Gasteiger partial charge in [0.15, 0.2) is 23.0 Å². The van der Waals surface area contributed by atoms with E-state index in [1.54, 1.807) is 37.9 Å². The van der Waals surface area contributed by atoms with Crippen LogP contribution in [0.5, 0.6) is 5.75 Å². The molecule has 12 heteroatoms. The van der Waals surface area contributed by atoms with Crippen LogP contribution in [-0.4, -0.2) is 58.0 Å². The first-order valence-corrected chi connectivity index (χ1v) is 13.1. The van der Waals surface area contributed by atoms with E-state index in [0.29, 0.717) is 37.3 Å². The molecule has 5 rings (SSSR count). The maximum absolute atomic E-state index is 15.0. The van der Waals surface area contributed by atoms with Gasteiger partial charge in [0.25, 0.3) is 0 Å². The number of carbonyl (C=O) groups is 1. The zero-order valence-corrected chi connectivity index (χ0v) is 23.0. The summed E-state index contributed by atoms with van der Waals surface area (Å²) in [6.07, 6.45) is 8.25. The number of aromatic nitrogens is 4. The van der Waals surface area contributed by atoms with Crippen molar-refractivity contribution in [2.75, 3.05) is 37.9 Å². The lowest BCUT2D eigenvalue weighted by molar-refractivity contribution is -0.126. The lowest BCUT2D eigenvalue weighted by atomic mass is 9.88. The quantitative estimate of drug-likeness (QED) is 0.331. The molecule has 10 nitrogen and oxygen atoms in total. The van der Waals surface area contributed by atoms with Crippen molar-refractivity contribution in [2.24, 2.45) is 5.73 Å². The van der Waals surface area contributed by atoms with Crippen molar-refractivity contribution in [2.45, 2.75) is 38.6 Å². The highest BCUT2D eigenvalue weighted by molar-refractivity contribution is 5.87. The smallest absolute Gasteiger partial charge is 0.241 e. The Balaban J connectivity index is 0.00000181. The fourth-order valence-electron chi connectivity index (χ4n) is 4.98. The van der Waals surface area contributed by atoms with Gasteiger partial charge >= 0.3 is 0 Å². The second-order valence-electron chi connectivity index (χ2n) is 9.36. The molecule has 1 fully saturated rings. The van der Waals surface area contributed by atoms with Crippen molar-refractivity contribution in [1.29, 1.82) is 0 Å². The Morgan fingerprint density at radius 3 is 2.65 bits per heavy atom. The van der Waals surface area contributed by atoms with Crippen LogP contribution in [0.3, 0.4) is 0 Å². The first-order valence-electron chi connectivity index (χ1n) is 13.1. The van der Waals surface area contributed by atoms with Gasteiger partial charge in [-0.2, -0.15) is 0 Å². The molecule has 0 spiro atoms. The van der Waals surface area contributed by atoms with Gasteiger partial charge in [-0.3, -0.25) is 14.2 Å². The van der Waals surface area contributed by atoms with E-state index in [4.69, 9.17) is 16.2 Å². The van der Waals surface area contributed by atoms with E-state index >= 15 is 0 Å². The fraction of sp³-hybridized carbons (Fsp3) is 0.357. The molecule has 1 aromatic carbocycles. The molecule has 1 atom stereocenters. The summed E-state index contributed by atoms with van der Waals surface area (Å²) >= 11 is 0. The Labute approximate surface area is 231 Å². The second-order valence-corrected chi connectivity index (χ2v) is 9.36. The summed E-state index contributed by atoms with van der Waals surface area (Å²) < 4.78 is 36.2. The lowest BCUT2D eigenvalue weighted by Gasteiger charge is -2.40. The van der Waals surface area contributed by atoms with Gasteiger partial charge in [0.05, 0.1) is 24.7 Å². The predicted molar refractivity (Wildman–Crippen MR) is 150 cm³/mol. The van der Waals surface area contributed by atoms with Crippen LogP contribution in [-0.2, 0) is 11.2 Å². The summed E-state index contributed by atoms with van der Waals surface area (Å²) in [6.45, 7) is 4.93. The molecule has 4 heterocycles. The van der Waals surface area contributed by atoms with Gasteiger partial charge < -0.3 is 26.4 Å². The summed E-state index contributed by atoms with van der Waals surface area (Å²) in [5, 5.41) is 2.65. The number of nitrogen functional groups attached to an aromatic ring is 1. The molecule has 0 radical (unpaired) electrons. The molecule has 4 aromatic rings. The molecule has 1 unspecified atom stereocenters. The van der Waals surface area contributed by atoms with Crippen molar-refractivity contribution in [3.05, 3.63) is 65.9 Å². The highest BCUT2D eigenvalue weighted by Gasteiger charge is 2.38. The van der Waals surface area contributed by atoms with Gasteiger partial charge in [-0.15, -0.1) is 0 Å². The SMILES string of the molecule is CC.CNC(=O)C1(N)CCCN(c2cnc(-c3cc(F)c(OC)cc3F)cc2Cc2cnc3c(N)nccn23)C1. The second kappa shape index (κ2) is 11.8. The van der Waals surface area contributed by atoms with Crippen LogP contribution in [0.4, 0.5) is 20.3 Å². The number of ether oxygens (including phenoxy) is 1. The van der Waals surface area contributed by atoms with Crippen molar-refractivity contribution in [3.8, 4) is 17.0 Å². The highest BCUT2D eigenvalue weighted by atomic mass is 19.1. The van der Waals surface area contributed by atoms with E-state index in [9.17, 15) is 13.6 Å². The van der Waals surface area contributed by atoms with Gasteiger partial charge in [-0.1, -0.05) is 13.8 Å². The maximum Gasteiger partial charge on any atom is 0.241 e. The number of anilines is 2. The number of amides is 1. The maximum atomic E-state index is 15.0. The van der Waals surface area contributed by atoms with Crippen molar-refractivity contribution >= 4 is 23.1 Å². The Kier molecular flexibility index (Phi) is 8.48. The van der Waals surface area contributed by atoms with E-state index in [1.165, 1.54) is 7.11 Å². The minimum Gasteiger partial charge on any atom is -0.494 e. The number of hydrogen-bond donors (Lipinski definition) is 3. The zero-order valence-electron chi connectivity index (χ0n) is 23.0. The molecule has 3 aromatic heterocycles. The number of halogens is 2. The Morgan fingerprint density at radius 2 is 1.93 bits per heavy atom.